The van der Waals surface area contributed by atoms with Gasteiger partial charge in [-0.05, 0) is 25.1 Å². The zero-order chi connectivity index (χ0) is 9.97. The van der Waals surface area contributed by atoms with Crippen molar-refractivity contribution >= 4 is 5.78 Å². The predicted molar refractivity (Wildman–Crippen MR) is 51.8 cm³/mol. The molecular formula is C11H12FNO. The first kappa shape index (κ1) is 9.34. The molecule has 2 nitrogen and oxygen atoms in total. The van der Waals surface area contributed by atoms with E-state index in [-0.39, 0.29) is 17.4 Å². The Hall–Kier alpha value is -1.22. The van der Waals surface area contributed by atoms with E-state index in [0.29, 0.717) is 6.42 Å². The first-order chi connectivity index (χ1) is 6.77. The van der Waals surface area contributed by atoms with E-state index in [1.54, 1.807) is 12.1 Å². The monoisotopic (exact) mass is 193 g/mol. The largest absolute Gasteiger partial charge is 0.313 e. The van der Waals surface area contributed by atoms with Gasteiger partial charge in [-0.1, -0.05) is 12.1 Å². The molecule has 1 N–H and O–H groups in total. The molecule has 1 atom stereocenters. The molecule has 1 fully saturated rings. The summed E-state index contributed by atoms with van der Waals surface area (Å²) in [6.07, 6.45) is 1.42. The molecule has 0 radical (unpaired) electrons. The van der Waals surface area contributed by atoms with Gasteiger partial charge in [-0.15, -0.1) is 0 Å². The van der Waals surface area contributed by atoms with E-state index in [1.807, 2.05) is 0 Å². The molecular weight excluding hydrogens is 181 g/mol. The van der Waals surface area contributed by atoms with Gasteiger partial charge in [0.1, 0.15) is 5.82 Å². The first-order valence-corrected chi connectivity index (χ1v) is 4.78. The molecule has 1 saturated heterocycles. The van der Waals surface area contributed by atoms with Crippen molar-refractivity contribution in [1.82, 2.24) is 5.32 Å². The highest BCUT2D eigenvalue weighted by Crippen LogP contribution is 2.14. The Labute approximate surface area is 82.1 Å². The highest BCUT2D eigenvalue weighted by Gasteiger charge is 2.21. The number of halogens is 1. The Bertz CT molecular complexity index is 347. The molecule has 0 aromatic heterocycles. The fraction of sp³-hybridized carbons (Fsp3) is 0.364. The van der Waals surface area contributed by atoms with Crippen molar-refractivity contribution in [3.05, 3.63) is 35.6 Å². The predicted octanol–water partition coefficient (Wildman–Crippen LogP) is 1.76. The van der Waals surface area contributed by atoms with Gasteiger partial charge in [0.25, 0.3) is 0 Å². The standard InChI is InChI=1S/C11H12FNO/c12-10-4-2-1-3-9(10)11(14)7-8-5-6-13-8/h1-4,8,13H,5-7H2. The third kappa shape index (κ3) is 1.82. The van der Waals surface area contributed by atoms with Crippen molar-refractivity contribution in [3.8, 4) is 0 Å². The lowest BCUT2D eigenvalue weighted by atomic mass is 9.97. The number of benzene rings is 1. The van der Waals surface area contributed by atoms with E-state index >= 15 is 0 Å². The molecule has 0 spiro atoms. The first-order valence-electron chi connectivity index (χ1n) is 4.78. The summed E-state index contributed by atoms with van der Waals surface area (Å²) in [7, 11) is 0. The highest BCUT2D eigenvalue weighted by atomic mass is 19.1. The van der Waals surface area contributed by atoms with Crippen LogP contribution in [0.1, 0.15) is 23.2 Å². The number of ketones is 1. The number of carbonyl (C=O) groups is 1. The van der Waals surface area contributed by atoms with Gasteiger partial charge in [0.2, 0.25) is 0 Å². The van der Waals surface area contributed by atoms with Crippen LogP contribution >= 0.6 is 0 Å². The molecule has 3 heteroatoms. The molecule has 1 unspecified atom stereocenters. The van der Waals surface area contributed by atoms with Crippen LogP contribution in [0.15, 0.2) is 24.3 Å². The Morgan fingerprint density at radius 3 is 2.79 bits per heavy atom. The summed E-state index contributed by atoms with van der Waals surface area (Å²) in [6, 6.07) is 6.39. The van der Waals surface area contributed by atoms with Gasteiger partial charge < -0.3 is 5.32 Å². The third-order valence-corrected chi connectivity index (χ3v) is 2.53. The van der Waals surface area contributed by atoms with Crippen LogP contribution in [0.4, 0.5) is 4.39 Å². The van der Waals surface area contributed by atoms with Gasteiger partial charge in [0.05, 0.1) is 5.56 Å². The van der Waals surface area contributed by atoms with Crippen LogP contribution in [0.2, 0.25) is 0 Å². The van der Waals surface area contributed by atoms with Crippen molar-refractivity contribution in [2.24, 2.45) is 0 Å². The van der Waals surface area contributed by atoms with Crippen molar-refractivity contribution in [1.29, 1.82) is 0 Å². The van der Waals surface area contributed by atoms with Crippen molar-refractivity contribution in [2.75, 3.05) is 6.54 Å². The fourth-order valence-corrected chi connectivity index (χ4v) is 1.54. The van der Waals surface area contributed by atoms with E-state index in [0.717, 1.165) is 13.0 Å². The molecule has 2 rings (SSSR count). The van der Waals surface area contributed by atoms with Gasteiger partial charge >= 0.3 is 0 Å². The zero-order valence-corrected chi connectivity index (χ0v) is 7.79. The summed E-state index contributed by atoms with van der Waals surface area (Å²) in [4.78, 5) is 11.6. The summed E-state index contributed by atoms with van der Waals surface area (Å²) in [5.74, 6) is -0.530. The van der Waals surface area contributed by atoms with E-state index in [4.69, 9.17) is 0 Å². The summed E-state index contributed by atoms with van der Waals surface area (Å²) in [5.41, 5.74) is 0.209. The van der Waals surface area contributed by atoms with Gasteiger partial charge in [-0.3, -0.25) is 4.79 Å². The maximum absolute atomic E-state index is 13.2. The van der Waals surface area contributed by atoms with Gasteiger partial charge in [0.15, 0.2) is 5.78 Å². The van der Waals surface area contributed by atoms with Crippen molar-refractivity contribution in [3.63, 3.8) is 0 Å². The number of carbonyl (C=O) groups excluding carboxylic acids is 1. The van der Waals surface area contributed by atoms with Gasteiger partial charge in [-0.25, -0.2) is 4.39 Å². The van der Waals surface area contributed by atoms with Crippen LogP contribution in [0, 0.1) is 5.82 Å². The van der Waals surface area contributed by atoms with Crippen molar-refractivity contribution in [2.45, 2.75) is 18.9 Å². The van der Waals surface area contributed by atoms with E-state index in [2.05, 4.69) is 5.32 Å². The summed E-state index contributed by atoms with van der Waals surface area (Å²) >= 11 is 0. The second-order valence-corrected chi connectivity index (χ2v) is 3.55. The minimum atomic E-state index is -0.420. The highest BCUT2D eigenvalue weighted by molar-refractivity contribution is 5.96. The van der Waals surface area contributed by atoms with Crippen LogP contribution in [0.3, 0.4) is 0 Å². The summed E-state index contributed by atoms with van der Waals surface area (Å²) < 4.78 is 13.2. The van der Waals surface area contributed by atoms with Gasteiger partial charge in [-0.2, -0.15) is 0 Å². The molecule has 1 aromatic rings. The number of nitrogens with one attached hydrogen (secondary N) is 1. The topological polar surface area (TPSA) is 29.1 Å². The molecule has 0 aliphatic carbocycles. The molecule has 74 valence electrons. The molecule has 1 aliphatic rings. The minimum Gasteiger partial charge on any atom is -0.313 e. The normalized spacial score (nSPS) is 20.2. The number of Topliss-reactive ketones (excluding diaryl/α,β-unsaturated/α-hetero) is 1. The molecule has 14 heavy (non-hydrogen) atoms. The number of hydrogen-bond donors (Lipinski definition) is 1. The lowest BCUT2D eigenvalue weighted by Gasteiger charge is -2.26. The summed E-state index contributed by atoms with van der Waals surface area (Å²) in [6.45, 7) is 0.967. The number of hydrogen-bond acceptors (Lipinski definition) is 2. The molecule has 1 aromatic carbocycles. The van der Waals surface area contributed by atoms with Crippen LogP contribution in [0.5, 0.6) is 0 Å². The molecule has 0 saturated carbocycles. The SMILES string of the molecule is O=C(CC1CCN1)c1ccccc1F. The Morgan fingerprint density at radius 2 is 2.21 bits per heavy atom. The Kier molecular flexibility index (Phi) is 2.59. The maximum atomic E-state index is 13.2. The smallest absolute Gasteiger partial charge is 0.167 e. The maximum Gasteiger partial charge on any atom is 0.167 e. The van der Waals surface area contributed by atoms with Crippen molar-refractivity contribution < 1.29 is 9.18 Å². The van der Waals surface area contributed by atoms with Crippen LogP contribution < -0.4 is 5.32 Å². The molecule has 1 heterocycles. The van der Waals surface area contributed by atoms with E-state index < -0.39 is 5.82 Å². The lowest BCUT2D eigenvalue weighted by Crippen LogP contribution is -2.44. The second-order valence-electron chi connectivity index (χ2n) is 3.55. The summed E-state index contributed by atoms with van der Waals surface area (Å²) in [5, 5.41) is 3.12. The average Bonchev–Trinajstić information content (AvgIpc) is 2.12. The fourth-order valence-electron chi connectivity index (χ4n) is 1.54. The van der Waals surface area contributed by atoms with Crippen LogP contribution in [-0.2, 0) is 0 Å². The number of rotatable bonds is 3. The van der Waals surface area contributed by atoms with Crippen LogP contribution in [-0.4, -0.2) is 18.4 Å². The Balaban J connectivity index is 2.06. The lowest BCUT2D eigenvalue weighted by molar-refractivity contribution is 0.0952. The minimum absolute atomic E-state index is 0.111. The third-order valence-electron chi connectivity index (χ3n) is 2.53. The average molecular weight is 193 g/mol. The molecule has 0 bridgehead atoms. The molecule has 1 aliphatic heterocycles. The van der Waals surface area contributed by atoms with E-state index in [9.17, 15) is 9.18 Å². The second kappa shape index (κ2) is 3.88. The quantitative estimate of drug-likeness (QED) is 0.741. The van der Waals surface area contributed by atoms with E-state index in [1.165, 1.54) is 12.1 Å². The zero-order valence-electron chi connectivity index (χ0n) is 7.79. The molecule has 0 amide bonds. The Morgan fingerprint density at radius 1 is 1.50 bits per heavy atom. The van der Waals surface area contributed by atoms with Crippen LogP contribution in [0.25, 0.3) is 0 Å². The van der Waals surface area contributed by atoms with Gasteiger partial charge in [0, 0.05) is 12.5 Å².